The normalized spacial score (nSPS) is 29.9. The lowest BCUT2D eigenvalue weighted by Crippen LogP contribution is -2.59. The molecule has 2 saturated heterocycles. The number of carbonyl (C=O) groups is 3. The summed E-state index contributed by atoms with van der Waals surface area (Å²) in [5.74, 6) is -2.88. The fourth-order valence-electron chi connectivity index (χ4n) is 7.06. The number of nitrogens with zero attached hydrogens (tertiary/aromatic N) is 3. The van der Waals surface area contributed by atoms with Crippen LogP contribution in [0.5, 0.6) is 0 Å². The molecule has 1 unspecified atom stereocenters. The molecule has 214 valence electrons. The maximum Gasteiger partial charge on any atom is 0.253 e. The standard InChI is InChI=1S/C32H34ClN3O5/c1-19(2)23(18-37)36-28-31(40)35(27-20(3)10-7-13-22(27)33)17-9-15-32(28)26(30(36)39)25-24(41-32)14-8-16-34(29(25)38)21-11-5-4-6-12-21/h4-15,19,23-26,28,37H,16-18H2,1-3H3/t23-,24+,25-,26-,28?,32-/m0/s1. The Hall–Kier alpha value is -3.46. The molecule has 8 nitrogen and oxygen atoms in total. The van der Waals surface area contributed by atoms with Crippen LogP contribution < -0.4 is 9.80 Å². The van der Waals surface area contributed by atoms with Crippen molar-refractivity contribution in [3.63, 3.8) is 0 Å². The van der Waals surface area contributed by atoms with E-state index >= 15 is 0 Å². The molecule has 4 aliphatic rings. The van der Waals surface area contributed by atoms with Gasteiger partial charge in [-0.15, -0.1) is 0 Å². The van der Waals surface area contributed by atoms with Gasteiger partial charge in [0.25, 0.3) is 5.91 Å². The van der Waals surface area contributed by atoms with Crippen molar-refractivity contribution < 1.29 is 24.2 Å². The molecule has 6 rings (SSSR count). The van der Waals surface area contributed by atoms with Crippen molar-refractivity contribution in [3.05, 3.63) is 83.4 Å². The van der Waals surface area contributed by atoms with E-state index in [9.17, 15) is 19.5 Å². The molecular formula is C32H34ClN3O5. The van der Waals surface area contributed by atoms with Gasteiger partial charge < -0.3 is 24.5 Å². The zero-order chi connectivity index (χ0) is 29.1. The molecule has 3 amide bonds. The summed E-state index contributed by atoms with van der Waals surface area (Å²) in [5.41, 5.74) is 0.723. The Balaban J connectivity index is 1.50. The van der Waals surface area contributed by atoms with Crippen LogP contribution in [0.15, 0.2) is 72.8 Å². The number of aliphatic hydroxyl groups is 1. The number of hydrogen-bond acceptors (Lipinski definition) is 5. The summed E-state index contributed by atoms with van der Waals surface area (Å²) in [4.78, 5) is 48.2. The van der Waals surface area contributed by atoms with Gasteiger partial charge in [0.05, 0.1) is 41.3 Å². The highest BCUT2D eigenvalue weighted by Gasteiger charge is 2.72. The molecule has 6 atom stereocenters. The van der Waals surface area contributed by atoms with Gasteiger partial charge in [-0.1, -0.05) is 80.1 Å². The second-order valence-electron chi connectivity index (χ2n) is 11.6. The van der Waals surface area contributed by atoms with Crippen LogP contribution in [0.3, 0.4) is 0 Å². The molecule has 0 aliphatic carbocycles. The average Bonchev–Trinajstić information content (AvgIpc) is 3.26. The number of carbonyl (C=O) groups excluding carboxylic acids is 3. The van der Waals surface area contributed by atoms with Gasteiger partial charge in [-0.3, -0.25) is 14.4 Å². The number of aryl methyl sites for hydroxylation is 1. The molecule has 0 radical (unpaired) electrons. The van der Waals surface area contributed by atoms with Crippen molar-refractivity contribution in [1.82, 2.24) is 4.90 Å². The zero-order valence-corrected chi connectivity index (χ0v) is 24.1. The Morgan fingerprint density at radius 3 is 2.39 bits per heavy atom. The maximum absolute atomic E-state index is 14.7. The number of aliphatic hydroxyl groups excluding tert-OH is 1. The van der Waals surface area contributed by atoms with Crippen LogP contribution in [0.1, 0.15) is 19.4 Å². The minimum absolute atomic E-state index is 0.156. The molecule has 0 saturated carbocycles. The van der Waals surface area contributed by atoms with Gasteiger partial charge in [0.2, 0.25) is 11.8 Å². The summed E-state index contributed by atoms with van der Waals surface area (Å²) in [6.07, 6.45) is 6.69. The molecule has 2 aromatic rings. The lowest BCUT2D eigenvalue weighted by atomic mass is 9.77. The van der Waals surface area contributed by atoms with Gasteiger partial charge in [0.1, 0.15) is 11.6 Å². The number of benzene rings is 2. The number of hydrogen-bond donors (Lipinski definition) is 1. The van der Waals surface area contributed by atoms with Crippen LogP contribution in [0.25, 0.3) is 0 Å². The van der Waals surface area contributed by atoms with Crippen LogP contribution in [0.2, 0.25) is 5.02 Å². The van der Waals surface area contributed by atoms with E-state index in [1.807, 2.05) is 87.5 Å². The summed E-state index contributed by atoms with van der Waals surface area (Å²) in [6, 6.07) is 13.1. The number of ether oxygens (including phenoxy) is 1. The van der Waals surface area contributed by atoms with E-state index in [0.29, 0.717) is 17.3 Å². The third-order valence-corrected chi connectivity index (χ3v) is 9.24. The summed E-state index contributed by atoms with van der Waals surface area (Å²) < 4.78 is 6.74. The number of halogens is 1. The first-order valence-electron chi connectivity index (χ1n) is 14.1. The van der Waals surface area contributed by atoms with Gasteiger partial charge in [0, 0.05) is 18.8 Å². The number of rotatable bonds is 5. The third-order valence-electron chi connectivity index (χ3n) is 8.94. The monoisotopic (exact) mass is 575 g/mol. The summed E-state index contributed by atoms with van der Waals surface area (Å²) in [7, 11) is 0. The predicted molar refractivity (Wildman–Crippen MR) is 157 cm³/mol. The van der Waals surface area contributed by atoms with Gasteiger partial charge in [-0.25, -0.2) is 0 Å². The van der Waals surface area contributed by atoms with E-state index in [-0.39, 0.29) is 36.8 Å². The molecule has 1 spiro atoms. The molecule has 4 heterocycles. The molecule has 0 aromatic heterocycles. The lowest BCUT2D eigenvalue weighted by molar-refractivity contribution is -0.145. The molecule has 2 aromatic carbocycles. The first-order chi connectivity index (χ1) is 19.7. The van der Waals surface area contributed by atoms with Crippen molar-refractivity contribution >= 4 is 40.7 Å². The van der Waals surface area contributed by atoms with Crippen LogP contribution in [0.4, 0.5) is 11.4 Å². The quantitative estimate of drug-likeness (QED) is 0.549. The highest BCUT2D eigenvalue weighted by Crippen LogP contribution is 2.55. The molecule has 2 fully saturated rings. The smallest absolute Gasteiger partial charge is 0.253 e. The highest BCUT2D eigenvalue weighted by molar-refractivity contribution is 6.34. The molecule has 4 aliphatic heterocycles. The first kappa shape index (κ1) is 27.7. The van der Waals surface area contributed by atoms with Crippen molar-refractivity contribution in [1.29, 1.82) is 0 Å². The van der Waals surface area contributed by atoms with Crippen molar-refractivity contribution in [2.75, 3.05) is 29.5 Å². The molecule has 41 heavy (non-hydrogen) atoms. The molecule has 0 bridgehead atoms. The van der Waals surface area contributed by atoms with E-state index in [2.05, 4.69) is 0 Å². The number of fused-ring (bicyclic) bond motifs is 2. The predicted octanol–water partition coefficient (Wildman–Crippen LogP) is 3.75. The van der Waals surface area contributed by atoms with E-state index in [1.165, 1.54) is 4.90 Å². The Bertz CT molecular complexity index is 1420. The Kier molecular flexibility index (Phi) is 7.04. The number of para-hydroxylation sites is 2. The van der Waals surface area contributed by atoms with E-state index < -0.39 is 35.6 Å². The third kappa shape index (κ3) is 4.15. The fraction of sp³-hybridized carbons (Fsp3) is 0.406. The Morgan fingerprint density at radius 1 is 0.976 bits per heavy atom. The van der Waals surface area contributed by atoms with Gasteiger partial charge in [-0.2, -0.15) is 0 Å². The minimum atomic E-state index is -1.39. The van der Waals surface area contributed by atoms with Crippen molar-refractivity contribution in [2.45, 2.75) is 44.6 Å². The van der Waals surface area contributed by atoms with Crippen LogP contribution in [-0.2, 0) is 19.1 Å². The summed E-state index contributed by atoms with van der Waals surface area (Å²) >= 11 is 6.62. The Morgan fingerprint density at radius 2 is 1.71 bits per heavy atom. The zero-order valence-electron chi connectivity index (χ0n) is 23.3. The maximum atomic E-state index is 14.7. The van der Waals surface area contributed by atoms with Gasteiger partial charge in [0.15, 0.2) is 0 Å². The first-order valence-corrected chi connectivity index (χ1v) is 14.5. The summed E-state index contributed by atoms with van der Waals surface area (Å²) in [6.45, 7) is 5.93. The lowest BCUT2D eigenvalue weighted by Gasteiger charge is -2.40. The number of amides is 3. The number of anilines is 2. The molecule has 9 heteroatoms. The van der Waals surface area contributed by atoms with E-state index in [0.717, 1.165) is 11.3 Å². The van der Waals surface area contributed by atoms with Gasteiger partial charge in [-0.05, 0) is 36.6 Å². The van der Waals surface area contributed by atoms with Crippen molar-refractivity contribution in [2.24, 2.45) is 17.8 Å². The largest absolute Gasteiger partial charge is 0.394 e. The average molecular weight is 576 g/mol. The molecular weight excluding hydrogens is 542 g/mol. The van der Waals surface area contributed by atoms with E-state index in [1.54, 1.807) is 15.9 Å². The molecule has 1 N–H and O–H groups in total. The second kappa shape index (κ2) is 10.4. The topological polar surface area (TPSA) is 90.4 Å². The van der Waals surface area contributed by atoms with Gasteiger partial charge >= 0.3 is 0 Å². The van der Waals surface area contributed by atoms with Crippen LogP contribution in [-0.4, -0.2) is 71.2 Å². The van der Waals surface area contributed by atoms with Crippen LogP contribution in [0, 0.1) is 24.7 Å². The summed E-state index contributed by atoms with van der Waals surface area (Å²) in [5, 5.41) is 10.9. The van der Waals surface area contributed by atoms with E-state index in [4.69, 9.17) is 16.3 Å². The van der Waals surface area contributed by atoms with Crippen LogP contribution >= 0.6 is 11.6 Å². The highest BCUT2D eigenvalue weighted by atomic mass is 35.5. The van der Waals surface area contributed by atoms with Crippen molar-refractivity contribution in [3.8, 4) is 0 Å². The SMILES string of the molecule is Cc1cccc(Cl)c1N1CC=C[C@]23O[C@@H]4C=CCN(c5ccccc5)C(=O)[C@@H]4[C@H]2C(=O)N([C@@H](CO)C(C)C)C3C1=O. The Labute approximate surface area is 244 Å². The number of likely N-dealkylation sites (tertiary alicyclic amines) is 1. The fourth-order valence-corrected chi connectivity index (χ4v) is 7.38. The second-order valence-corrected chi connectivity index (χ2v) is 12.0. The minimum Gasteiger partial charge on any atom is -0.394 e.